The molecule has 0 saturated carbocycles. The number of anilines is 1. The van der Waals surface area contributed by atoms with Crippen molar-refractivity contribution in [3.05, 3.63) is 73.8 Å². The maximum Gasteiger partial charge on any atom is 0.306 e. The number of amides is 1. The number of carbonyl (C=O) groups is 2. The van der Waals surface area contributed by atoms with Crippen molar-refractivity contribution in [3.8, 4) is 0 Å². The number of non-ortho nitro benzene ring substituents is 1. The van der Waals surface area contributed by atoms with E-state index in [-0.39, 0.29) is 34.8 Å². The molecule has 30 heavy (non-hydrogen) atoms. The highest BCUT2D eigenvalue weighted by Crippen LogP contribution is 2.26. The van der Waals surface area contributed by atoms with Gasteiger partial charge in [0.25, 0.3) is 17.2 Å². The Balaban J connectivity index is 1.52. The van der Waals surface area contributed by atoms with Crippen LogP contribution in [0.25, 0.3) is 10.9 Å². The van der Waals surface area contributed by atoms with Crippen molar-refractivity contribution in [2.45, 2.75) is 12.8 Å². The van der Waals surface area contributed by atoms with Gasteiger partial charge < -0.3 is 15.0 Å². The average Bonchev–Trinajstić information content (AvgIpc) is 2.72. The molecule has 2 N–H and O–H groups in total. The van der Waals surface area contributed by atoms with E-state index in [0.29, 0.717) is 16.7 Å². The van der Waals surface area contributed by atoms with Crippen LogP contribution in [0.5, 0.6) is 0 Å². The van der Waals surface area contributed by atoms with Crippen LogP contribution in [-0.2, 0) is 20.7 Å². The lowest BCUT2D eigenvalue weighted by Gasteiger charge is -2.08. The highest BCUT2D eigenvalue weighted by atomic mass is 35.5. The number of ether oxygens (including phenoxy) is 1. The summed E-state index contributed by atoms with van der Waals surface area (Å²) >= 11 is 5.90. The number of H-pyrrole nitrogens is 1. The topological polar surface area (TPSA) is 144 Å². The molecule has 3 rings (SSSR count). The maximum atomic E-state index is 12.0. The van der Waals surface area contributed by atoms with E-state index in [1.807, 2.05) is 0 Å². The van der Waals surface area contributed by atoms with Crippen LogP contribution in [0.15, 0.2) is 47.3 Å². The number of aromatic amines is 1. The minimum Gasteiger partial charge on any atom is -0.456 e. The molecule has 0 aliphatic heterocycles. The van der Waals surface area contributed by atoms with Crippen molar-refractivity contribution in [3.63, 3.8) is 0 Å². The van der Waals surface area contributed by atoms with Gasteiger partial charge in [-0.3, -0.25) is 24.5 Å². The minimum atomic E-state index is -0.706. The van der Waals surface area contributed by atoms with Gasteiger partial charge in [0, 0.05) is 18.6 Å². The number of nitrogens with zero attached hydrogens (tertiary/aromatic N) is 2. The first-order chi connectivity index (χ1) is 14.3. The number of nitro groups is 1. The number of halogens is 1. The summed E-state index contributed by atoms with van der Waals surface area (Å²) in [4.78, 5) is 52.9. The molecule has 0 aliphatic carbocycles. The molecule has 0 spiro atoms. The van der Waals surface area contributed by atoms with Gasteiger partial charge in [-0.25, -0.2) is 4.98 Å². The van der Waals surface area contributed by atoms with Crippen molar-refractivity contribution >= 4 is 45.8 Å². The van der Waals surface area contributed by atoms with E-state index in [9.17, 15) is 24.5 Å². The highest BCUT2D eigenvalue weighted by molar-refractivity contribution is 6.33. The first-order valence-corrected chi connectivity index (χ1v) is 9.08. The third-order valence-corrected chi connectivity index (χ3v) is 4.36. The van der Waals surface area contributed by atoms with Gasteiger partial charge in [-0.2, -0.15) is 0 Å². The molecule has 1 amide bonds. The molecule has 0 saturated heterocycles. The summed E-state index contributed by atoms with van der Waals surface area (Å²) in [5.41, 5.74) is -0.0107. The van der Waals surface area contributed by atoms with Gasteiger partial charge in [0.15, 0.2) is 6.61 Å². The largest absolute Gasteiger partial charge is 0.456 e. The molecule has 0 radical (unpaired) electrons. The predicted molar refractivity (Wildman–Crippen MR) is 108 cm³/mol. The highest BCUT2D eigenvalue weighted by Gasteiger charge is 2.14. The van der Waals surface area contributed by atoms with Crippen LogP contribution in [0, 0.1) is 10.1 Å². The summed E-state index contributed by atoms with van der Waals surface area (Å²) in [6, 6.07) is 10.4. The van der Waals surface area contributed by atoms with Gasteiger partial charge >= 0.3 is 5.97 Å². The number of para-hydroxylation sites is 1. The first kappa shape index (κ1) is 20.9. The van der Waals surface area contributed by atoms with Crippen molar-refractivity contribution < 1.29 is 19.2 Å². The smallest absolute Gasteiger partial charge is 0.306 e. The number of carbonyl (C=O) groups excluding carboxylic acids is 2. The first-order valence-electron chi connectivity index (χ1n) is 8.71. The van der Waals surface area contributed by atoms with Crippen molar-refractivity contribution in [1.82, 2.24) is 9.97 Å². The number of aromatic nitrogens is 2. The Morgan fingerprint density at radius 1 is 1.23 bits per heavy atom. The third-order valence-electron chi connectivity index (χ3n) is 4.03. The quantitative estimate of drug-likeness (QED) is 0.333. The van der Waals surface area contributed by atoms with E-state index in [1.54, 1.807) is 24.3 Å². The molecule has 10 nitrogen and oxygen atoms in total. The molecule has 0 fully saturated rings. The predicted octanol–water partition coefficient (Wildman–Crippen LogP) is 2.60. The van der Waals surface area contributed by atoms with Gasteiger partial charge in [0.05, 0.1) is 33.0 Å². The number of rotatable bonds is 7. The van der Waals surface area contributed by atoms with Gasteiger partial charge in [-0.15, -0.1) is 0 Å². The molecule has 0 unspecified atom stereocenters. The molecular weight excluding hydrogens is 416 g/mol. The average molecular weight is 431 g/mol. The number of nitrogens with one attached hydrogen (secondary N) is 2. The second-order valence-electron chi connectivity index (χ2n) is 6.16. The number of aryl methyl sites for hydroxylation is 1. The molecule has 154 valence electrons. The van der Waals surface area contributed by atoms with E-state index in [2.05, 4.69) is 15.3 Å². The van der Waals surface area contributed by atoms with Crippen LogP contribution in [0.1, 0.15) is 12.2 Å². The lowest BCUT2D eigenvalue weighted by atomic mass is 10.2. The zero-order chi connectivity index (χ0) is 21.7. The van der Waals surface area contributed by atoms with E-state index in [0.717, 1.165) is 6.07 Å². The molecule has 3 aromatic rings. The van der Waals surface area contributed by atoms with E-state index >= 15 is 0 Å². The molecule has 0 aliphatic rings. The number of hydrogen-bond acceptors (Lipinski definition) is 7. The second-order valence-corrected chi connectivity index (χ2v) is 6.57. The standard InChI is InChI=1S/C19H15ClN4O6/c20-13-6-5-11(24(28)29)9-15(13)22-17(25)10-30-18(26)8-7-16-21-14-4-2-1-3-12(14)19(27)23-16/h1-6,9H,7-8,10H2,(H,22,25)(H,21,23,27). The Morgan fingerprint density at radius 2 is 2.00 bits per heavy atom. The summed E-state index contributed by atoms with van der Waals surface area (Å²) in [7, 11) is 0. The summed E-state index contributed by atoms with van der Waals surface area (Å²) in [5, 5.41) is 13.7. The molecule has 2 aromatic carbocycles. The normalized spacial score (nSPS) is 10.6. The molecule has 1 aromatic heterocycles. The summed E-state index contributed by atoms with van der Waals surface area (Å²) in [6.07, 6.45) is 0.0172. The zero-order valence-electron chi connectivity index (χ0n) is 15.4. The van der Waals surface area contributed by atoms with Gasteiger partial charge in [-0.05, 0) is 18.2 Å². The molecule has 11 heteroatoms. The number of esters is 1. The van der Waals surface area contributed by atoms with E-state index < -0.39 is 23.4 Å². The fraction of sp³-hybridized carbons (Fsp3) is 0.158. The van der Waals surface area contributed by atoms with Crippen LogP contribution in [0.2, 0.25) is 5.02 Å². The Hall–Kier alpha value is -3.79. The Morgan fingerprint density at radius 3 is 2.77 bits per heavy atom. The van der Waals surface area contributed by atoms with Crippen LogP contribution >= 0.6 is 11.6 Å². The molecular formula is C19H15ClN4O6. The Bertz CT molecular complexity index is 1190. The third kappa shape index (κ3) is 5.17. The lowest BCUT2D eigenvalue weighted by molar-refractivity contribution is -0.384. The monoisotopic (exact) mass is 430 g/mol. The SMILES string of the molecule is O=C(COC(=O)CCc1nc2ccccc2c(=O)[nH]1)Nc1cc([N+](=O)[O-])ccc1Cl. The van der Waals surface area contributed by atoms with Gasteiger partial charge in [0.1, 0.15) is 5.82 Å². The minimum absolute atomic E-state index is 0.0323. The van der Waals surface area contributed by atoms with Crippen molar-refractivity contribution in [2.24, 2.45) is 0 Å². The number of hydrogen-bond donors (Lipinski definition) is 2. The van der Waals surface area contributed by atoms with E-state index in [1.165, 1.54) is 12.1 Å². The number of fused-ring (bicyclic) bond motifs is 1. The van der Waals surface area contributed by atoms with E-state index in [4.69, 9.17) is 16.3 Å². The van der Waals surface area contributed by atoms with Crippen molar-refractivity contribution in [1.29, 1.82) is 0 Å². The van der Waals surface area contributed by atoms with Crippen LogP contribution in [0.3, 0.4) is 0 Å². The molecule has 0 atom stereocenters. The van der Waals surface area contributed by atoms with Crippen LogP contribution < -0.4 is 10.9 Å². The molecule has 0 bridgehead atoms. The van der Waals surface area contributed by atoms with Crippen LogP contribution in [0.4, 0.5) is 11.4 Å². The van der Waals surface area contributed by atoms with Gasteiger partial charge in [-0.1, -0.05) is 23.7 Å². The Labute approximate surface area is 174 Å². The van der Waals surface area contributed by atoms with Crippen molar-refractivity contribution in [2.75, 3.05) is 11.9 Å². The number of nitro benzene ring substituents is 1. The summed E-state index contributed by atoms with van der Waals surface area (Å²) in [5.74, 6) is -1.06. The lowest BCUT2D eigenvalue weighted by Crippen LogP contribution is -2.21. The van der Waals surface area contributed by atoms with Crippen LogP contribution in [-0.4, -0.2) is 33.4 Å². The molecule has 1 heterocycles. The fourth-order valence-electron chi connectivity index (χ4n) is 2.60. The fourth-order valence-corrected chi connectivity index (χ4v) is 2.77. The number of benzene rings is 2. The Kier molecular flexibility index (Phi) is 6.38. The summed E-state index contributed by atoms with van der Waals surface area (Å²) in [6.45, 7) is -0.598. The van der Waals surface area contributed by atoms with Gasteiger partial charge in [0.2, 0.25) is 0 Å². The maximum absolute atomic E-state index is 12.0. The summed E-state index contributed by atoms with van der Waals surface area (Å²) < 4.78 is 4.89. The second kappa shape index (κ2) is 9.14. The zero-order valence-corrected chi connectivity index (χ0v) is 16.1.